The van der Waals surface area contributed by atoms with Gasteiger partial charge in [0.15, 0.2) is 5.78 Å². The van der Waals surface area contributed by atoms with Gasteiger partial charge < -0.3 is 15.8 Å². The molecule has 5 nitrogen and oxygen atoms in total. The van der Waals surface area contributed by atoms with Crippen LogP contribution in [0.2, 0.25) is 0 Å². The quantitative estimate of drug-likeness (QED) is 0.596. The van der Waals surface area contributed by atoms with Crippen LogP contribution in [0.1, 0.15) is 60.1 Å². The van der Waals surface area contributed by atoms with Crippen LogP contribution in [0.15, 0.2) is 0 Å². The highest BCUT2D eigenvalue weighted by molar-refractivity contribution is 7.19. The number of hydrogen-bond donors (Lipinski definition) is 2. The summed E-state index contributed by atoms with van der Waals surface area (Å²) >= 11 is 1.24. The zero-order valence-electron chi connectivity index (χ0n) is 12.7. The lowest BCUT2D eigenvalue weighted by molar-refractivity contribution is 0.0529. The van der Waals surface area contributed by atoms with Gasteiger partial charge in [0.25, 0.3) is 0 Å². The average molecular weight is 310 g/mol. The molecule has 0 amide bonds. The number of anilines is 2. The minimum absolute atomic E-state index is 0.132. The average Bonchev–Trinajstić information content (AvgIpc) is 3.14. The number of thiophene rings is 1. The zero-order valence-corrected chi connectivity index (χ0v) is 13.6. The smallest absolute Gasteiger partial charge is 0.343 e. The van der Waals surface area contributed by atoms with Crippen LogP contribution in [-0.2, 0) is 4.74 Å². The third-order valence-electron chi connectivity index (χ3n) is 4.08. The molecule has 2 rings (SSSR count). The lowest BCUT2D eigenvalue weighted by Crippen LogP contribution is -2.16. The summed E-state index contributed by atoms with van der Waals surface area (Å²) in [4.78, 5) is 24.1. The Morgan fingerprint density at radius 3 is 2.52 bits per heavy atom. The van der Waals surface area contributed by atoms with Gasteiger partial charge in [0.05, 0.1) is 17.2 Å². The fraction of sp³-hybridized carbons (Fsp3) is 0.600. The molecule has 1 aromatic rings. The predicted octanol–water partition coefficient (Wildman–Crippen LogP) is 3.31. The maximum Gasteiger partial charge on any atom is 0.343 e. The number of esters is 1. The van der Waals surface area contributed by atoms with Gasteiger partial charge in [-0.3, -0.25) is 4.79 Å². The number of nitrogen functional groups attached to an aromatic ring is 1. The summed E-state index contributed by atoms with van der Waals surface area (Å²) in [7, 11) is 0. The van der Waals surface area contributed by atoms with Crippen LogP contribution < -0.4 is 11.1 Å². The first-order chi connectivity index (χ1) is 9.94. The standard InChI is InChI=1S/C15H22N2O3S/c1-4-15(6-7-15)8-17-13-10(14(19)20-5-2)11(16)12(21-13)9(3)18/h17H,4-8,16H2,1-3H3. The monoisotopic (exact) mass is 310 g/mol. The highest BCUT2D eigenvalue weighted by atomic mass is 32.1. The fourth-order valence-corrected chi connectivity index (χ4v) is 3.34. The molecular formula is C15H22N2O3S. The molecule has 1 aromatic heterocycles. The molecule has 0 aromatic carbocycles. The number of ketones is 1. The highest BCUT2D eigenvalue weighted by Gasteiger charge is 2.40. The Morgan fingerprint density at radius 1 is 1.38 bits per heavy atom. The Labute approximate surface area is 128 Å². The van der Waals surface area contributed by atoms with E-state index in [4.69, 9.17) is 10.5 Å². The lowest BCUT2D eigenvalue weighted by atomic mass is 10.0. The molecule has 1 aliphatic carbocycles. The number of rotatable bonds is 7. The molecule has 0 radical (unpaired) electrons. The van der Waals surface area contributed by atoms with Crippen LogP contribution >= 0.6 is 11.3 Å². The van der Waals surface area contributed by atoms with Gasteiger partial charge in [-0.05, 0) is 31.6 Å². The number of nitrogens with one attached hydrogen (secondary N) is 1. The SMILES string of the molecule is CCOC(=O)c1c(NCC2(CC)CC2)sc(C(C)=O)c1N. The van der Waals surface area contributed by atoms with E-state index in [-0.39, 0.29) is 18.1 Å². The Bertz CT molecular complexity index is 562. The summed E-state index contributed by atoms with van der Waals surface area (Å²) < 4.78 is 5.05. The number of carbonyl (C=O) groups is 2. The molecule has 116 valence electrons. The predicted molar refractivity (Wildman–Crippen MR) is 85.1 cm³/mol. The molecule has 0 saturated heterocycles. The van der Waals surface area contributed by atoms with Gasteiger partial charge >= 0.3 is 5.97 Å². The van der Waals surface area contributed by atoms with E-state index in [1.165, 1.54) is 31.1 Å². The van der Waals surface area contributed by atoms with Crippen molar-refractivity contribution in [1.29, 1.82) is 0 Å². The van der Waals surface area contributed by atoms with Crippen LogP contribution in [0.5, 0.6) is 0 Å². The number of ether oxygens (including phenoxy) is 1. The van der Waals surface area contributed by atoms with E-state index in [0.29, 0.717) is 20.9 Å². The van der Waals surface area contributed by atoms with Gasteiger partial charge in [-0.25, -0.2) is 4.79 Å². The molecule has 1 aliphatic rings. The van der Waals surface area contributed by atoms with Gasteiger partial charge in [-0.2, -0.15) is 0 Å². The summed E-state index contributed by atoms with van der Waals surface area (Å²) in [5.74, 6) is -0.602. The molecule has 0 spiro atoms. The molecule has 0 atom stereocenters. The molecule has 21 heavy (non-hydrogen) atoms. The first kappa shape index (κ1) is 15.8. The Kier molecular flexibility index (Phi) is 4.56. The van der Waals surface area contributed by atoms with Crippen molar-refractivity contribution in [2.75, 3.05) is 24.2 Å². The normalized spacial score (nSPS) is 15.6. The van der Waals surface area contributed by atoms with E-state index in [9.17, 15) is 9.59 Å². The van der Waals surface area contributed by atoms with Gasteiger partial charge in [-0.15, -0.1) is 11.3 Å². The van der Waals surface area contributed by atoms with Crippen molar-refractivity contribution in [2.45, 2.75) is 40.0 Å². The van der Waals surface area contributed by atoms with Crippen LogP contribution in [0.3, 0.4) is 0 Å². The minimum atomic E-state index is -0.470. The molecule has 1 fully saturated rings. The van der Waals surface area contributed by atoms with Gasteiger partial charge in [-0.1, -0.05) is 6.92 Å². The largest absolute Gasteiger partial charge is 0.462 e. The van der Waals surface area contributed by atoms with Gasteiger partial charge in [0, 0.05) is 13.5 Å². The van der Waals surface area contributed by atoms with Crippen molar-refractivity contribution in [3.05, 3.63) is 10.4 Å². The number of carbonyl (C=O) groups excluding carboxylic acids is 2. The van der Waals surface area contributed by atoms with Crippen molar-refractivity contribution >= 4 is 33.8 Å². The second-order valence-electron chi connectivity index (χ2n) is 5.53. The Morgan fingerprint density at radius 2 is 2.05 bits per heavy atom. The molecule has 0 unspecified atom stereocenters. The van der Waals surface area contributed by atoms with Crippen molar-refractivity contribution in [1.82, 2.24) is 0 Å². The molecule has 0 aliphatic heterocycles. The molecule has 3 N–H and O–H groups in total. The lowest BCUT2D eigenvalue weighted by Gasteiger charge is -2.14. The second-order valence-corrected chi connectivity index (χ2v) is 6.55. The third kappa shape index (κ3) is 3.20. The Balaban J connectivity index is 2.27. The second kappa shape index (κ2) is 6.05. The highest BCUT2D eigenvalue weighted by Crippen LogP contribution is 2.49. The zero-order chi connectivity index (χ0) is 15.6. The van der Waals surface area contributed by atoms with Crippen LogP contribution in [0.4, 0.5) is 10.7 Å². The van der Waals surface area contributed by atoms with Gasteiger partial charge in [0.1, 0.15) is 10.6 Å². The first-order valence-corrected chi connectivity index (χ1v) is 8.10. The van der Waals surface area contributed by atoms with Crippen molar-refractivity contribution in [3.8, 4) is 0 Å². The Hall–Kier alpha value is -1.56. The summed E-state index contributed by atoms with van der Waals surface area (Å²) in [6.45, 7) is 6.45. The van der Waals surface area contributed by atoms with Crippen LogP contribution in [0.25, 0.3) is 0 Å². The maximum absolute atomic E-state index is 12.1. The molecule has 0 bridgehead atoms. The number of Topliss-reactive ketones (excluding diaryl/α,β-unsaturated/α-hetero) is 1. The topological polar surface area (TPSA) is 81.4 Å². The van der Waals surface area contributed by atoms with E-state index in [1.54, 1.807) is 6.92 Å². The number of hydrogen-bond acceptors (Lipinski definition) is 6. The van der Waals surface area contributed by atoms with Crippen molar-refractivity contribution in [3.63, 3.8) is 0 Å². The van der Waals surface area contributed by atoms with Gasteiger partial charge in [0.2, 0.25) is 0 Å². The van der Waals surface area contributed by atoms with Crippen molar-refractivity contribution < 1.29 is 14.3 Å². The van der Waals surface area contributed by atoms with Crippen molar-refractivity contribution in [2.24, 2.45) is 5.41 Å². The van der Waals surface area contributed by atoms with Crippen LogP contribution in [-0.4, -0.2) is 24.9 Å². The van der Waals surface area contributed by atoms with E-state index < -0.39 is 5.97 Å². The van der Waals surface area contributed by atoms with E-state index in [0.717, 1.165) is 13.0 Å². The molecule has 1 saturated carbocycles. The fourth-order valence-electron chi connectivity index (χ4n) is 2.34. The van der Waals surface area contributed by atoms with E-state index in [1.807, 2.05) is 0 Å². The van der Waals surface area contributed by atoms with E-state index >= 15 is 0 Å². The summed E-state index contributed by atoms with van der Waals surface area (Å²) in [6.07, 6.45) is 3.51. The summed E-state index contributed by atoms with van der Waals surface area (Å²) in [5.41, 5.74) is 6.84. The third-order valence-corrected chi connectivity index (χ3v) is 5.34. The van der Waals surface area contributed by atoms with Crippen LogP contribution in [0, 0.1) is 5.41 Å². The molecule has 6 heteroatoms. The maximum atomic E-state index is 12.1. The summed E-state index contributed by atoms with van der Waals surface area (Å²) in [5, 5.41) is 3.96. The molecular weight excluding hydrogens is 288 g/mol. The minimum Gasteiger partial charge on any atom is -0.462 e. The summed E-state index contributed by atoms with van der Waals surface area (Å²) in [6, 6.07) is 0. The molecule has 1 heterocycles. The number of nitrogens with two attached hydrogens (primary N) is 1. The first-order valence-electron chi connectivity index (χ1n) is 7.28. The van der Waals surface area contributed by atoms with E-state index in [2.05, 4.69) is 12.2 Å².